The Morgan fingerprint density at radius 1 is 1.33 bits per heavy atom. The number of hydrogen-bond acceptors (Lipinski definition) is 4. The summed E-state index contributed by atoms with van der Waals surface area (Å²) >= 11 is 9.89. The van der Waals surface area contributed by atoms with Crippen molar-refractivity contribution in [1.82, 2.24) is 4.57 Å². The number of allylic oxidation sites excluding steroid dienone is 1. The van der Waals surface area contributed by atoms with Gasteiger partial charge in [-0.3, -0.25) is 9.59 Å². The van der Waals surface area contributed by atoms with Gasteiger partial charge in [0.05, 0.1) is 22.0 Å². The van der Waals surface area contributed by atoms with Crippen molar-refractivity contribution in [3.8, 4) is 0 Å². The molecule has 1 aliphatic rings. The largest absolute Gasteiger partial charge is 0.372 e. The number of nitrogens with one attached hydrogen (secondary N) is 1. The van der Waals surface area contributed by atoms with E-state index in [9.17, 15) is 9.59 Å². The second kappa shape index (κ2) is 11.3. The first kappa shape index (κ1) is 25.4. The molecule has 0 aliphatic carbocycles. The quantitative estimate of drug-likeness (QED) is 0.410. The number of Topliss-reactive ketones (excluding diaryl/α,β-unsaturated/α-hetero) is 1. The van der Waals surface area contributed by atoms with Crippen molar-refractivity contribution >= 4 is 43.6 Å². The van der Waals surface area contributed by atoms with E-state index >= 15 is 0 Å². The Bertz CT molecular complexity index is 1110. The second-order valence-electron chi connectivity index (χ2n) is 8.69. The first-order valence-corrected chi connectivity index (χ1v) is 12.6. The van der Waals surface area contributed by atoms with Crippen LogP contribution in [0.5, 0.6) is 0 Å². The van der Waals surface area contributed by atoms with Crippen LogP contribution in [0, 0.1) is 12.8 Å². The van der Waals surface area contributed by atoms with Crippen LogP contribution in [0.2, 0.25) is 5.02 Å². The van der Waals surface area contributed by atoms with Crippen molar-refractivity contribution in [3.63, 3.8) is 0 Å². The molecule has 3 rings (SSSR count). The molecule has 5 nitrogen and oxygen atoms in total. The SMILES string of the molecule is CCCCC1CCC(C(C)=O)=C(C(Nc2cc(C)c(=O)n(C)c2)c2ccc(Cl)cc2)N=C1Br. The lowest BCUT2D eigenvalue weighted by molar-refractivity contribution is -0.113. The smallest absolute Gasteiger partial charge is 0.253 e. The zero-order chi connectivity index (χ0) is 24.1. The van der Waals surface area contributed by atoms with Gasteiger partial charge in [-0.2, -0.15) is 0 Å². The fourth-order valence-corrected chi connectivity index (χ4v) is 5.01. The van der Waals surface area contributed by atoms with Crippen molar-refractivity contribution in [2.75, 3.05) is 5.32 Å². The molecule has 1 aliphatic heterocycles. The highest BCUT2D eigenvalue weighted by Crippen LogP contribution is 2.37. The molecule has 0 fully saturated rings. The molecule has 1 aromatic carbocycles. The summed E-state index contributed by atoms with van der Waals surface area (Å²) in [6.07, 6.45) is 6.61. The van der Waals surface area contributed by atoms with Gasteiger partial charge in [0.25, 0.3) is 5.56 Å². The van der Waals surface area contributed by atoms with Gasteiger partial charge in [0, 0.05) is 35.3 Å². The van der Waals surface area contributed by atoms with Gasteiger partial charge in [0.2, 0.25) is 0 Å². The maximum Gasteiger partial charge on any atom is 0.253 e. The Balaban J connectivity index is 2.14. The number of carbonyl (C=O) groups excluding carboxylic acids is 1. The summed E-state index contributed by atoms with van der Waals surface area (Å²) in [4.78, 5) is 30.0. The molecule has 2 heterocycles. The van der Waals surface area contributed by atoms with Gasteiger partial charge in [0.1, 0.15) is 0 Å². The maximum absolute atomic E-state index is 12.7. The average Bonchev–Trinajstić information content (AvgIpc) is 2.93. The number of aryl methyl sites for hydroxylation is 2. The van der Waals surface area contributed by atoms with E-state index in [1.165, 1.54) is 0 Å². The summed E-state index contributed by atoms with van der Waals surface area (Å²) in [5.41, 5.74) is 3.77. The zero-order valence-electron chi connectivity index (χ0n) is 19.6. The van der Waals surface area contributed by atoms with Gasteiger partial charge in [0.15, 0.2) is 5.78 Å². The minimum absolute atomic E-state index is 0.0302. The number of aromatic nitrogens is 1. The molecular formula is C26H31BrClN3O2. The van der Waals surface area contributed by atoms with Crippen LogP contribution >= 0.6 is 27.5 Å². The van der Waals surface area contributed by atoms with E-state index in [0.29, 0.717) is 28.6 Å². The first-order chi connectivity index (χ1) is 15.7. The number of carbonyl (C=O) groups is 1. The summed E-state index contributed by atoms with van der Waals surface area (Å²) < 4.78 is 2.45. The van der Waals surface area contributed by atoms with Gasteiger partial charge in [-0.25, -0.2) is 4.99 Å². The molecule has 1 aromatic heterocycles. The third-order valence-corrected chi connectivity index (χ3v) is 7.17. The van der Waals surface area contributed by atoms with Crippen LogP contribution in [0.4, 0.5) is 5.69 Å². The maximum atomic E-state index is 12.7. The van der Waals surface area contributed by atoms with Crippen molar-refractivity contribution in [2.24, 2.45) is 18.0 Å². The lowest BCUT2D eigenvalue weighted by Gasteiger charge is -2.24. The van der Waals surface area contributed by atoms with Crippen LogP contribution in [-0.2, 0) is 11.8 Å². The molecule has 33 heavy (non-hydrogen) atoms. The summed E-state index contributed by atoms with van der Waals surface area (Å²) in [7, 11) is 1.73. The molecule has 0 saturated heterocycles. The molecule has 2 atom stereocenters. The molecule has 2 unspecified atom stereocenters. The normalized spacial score (nSPS) is 17.4. The first-order valence-electron chi connectivity index (χ1n) is 11.4. The second-order valence-corrected chi connectivity index (χ2v) is 9.94. The monoisotopic (exact) mass is 531 g/mol. The highest BCUT2D eigenvalue weighted by atomic mass is 79.9. The average molecular weight is 533 g/mol. The Morgan fingerprint density at radius 3 is 2.64 bits per heavy atom. The molecule has 0 saturated carbocycles. The van der Waals surface area contributed by atoms with Gasteiger partial charge in [-0.15, -0.1) is 0 Å². The molecular weight excluding hydrogens is 502 g/mol. The Kier molecular flexibility index (Phi) is 8.71. The van der Waals surface area contributed by atoms with Crippen LogP contribution in [0.3, 0.4) is 0 Å². The predicted molar refractivity (Wildman–Crippen MR) is 141 cm³/mol. The van der Waals surface area contributed by atoms with Crippen LogP contribution < -0.4 is 10.9 Å². The number of nitrogens with zero attached hydrogens (tertiary/aromatic N) is 2. The van der Waals surface area contributed by atoms with E-state index in [0.717, 1.165) is 47.1 Å². The fourth-order valence-electron chi connectivity index (χ4n) is 4.24. The van der Waals surface area contributed by atoms with Crippen molar-refractivity contribution in [1.29, 1.82) is 0 Å². The summed E-state index contributed by atoms with van der Waals surface area (Å²) in [5, 5.41) is 4.18. The van der Waals surface area contributed by atoms with E-state index in [2.05, 4.69) is 28.2 Å². The molecule has 2 aromatic rings. The fraction of sp³-hybridized carbons (Fsp3) is 0.423. The molecule has 0 amide bonds. The van der Waals surface area contributed by atoms with Crippen molar-refractivity contribution in [3.05, 3.63) is 74.3 Å². The predicted octanol–water partition coefficient (Wildman–Crippen LogP) is 6.74. The summed E-state index contributed by atoms with van der Waals surface area (Å²) in [6.45, 7) is 5.59. The Labute approximate surface area is 209 Å². The number of pyridine rings is 1. The molecule has 7 heteroatoms. The van der Waals surface area contributed by atoms with Gasteiger partial charge in [-0.1, -0.05) is 43.5 Å². The highest BCUT2D eigenvalue weighted by Gasteiger charge is 2.28. The van der Waals surface area contributed by atoms with E-state index < -0.39 is 0 Å². The Hall–Kier alpha value is -2.18. The van der Waals surface area contributed by atoms with E-state index in [1.807, 2.05) is 30.3 Å². The number of anilines is 1. The molecule has 0 spiro atoms. The summed E-state index contributed by atoms with van der Waals surface area (Å²) in [6, 6.07) is 9.02. The lowest BCUT2D eigenvalue weighted by Crippen LogP contribution is -2.21. The standard InChI is InChI=1S/C26H31BrClN3O2/c1-5-6-7-19-10-13-22(17(3)32)24(30-25(19)27)23(18-8-11-20(28)12-9-18)29-21-14-16(2)26(33)31(4)15-21/h8-9,11-12,14-15,19,23,29H,5-7,10,13H2,1-4H3. The van der Waals surface area contributed by atoms with Crippen LogP contribution in [0.1, 0.15) is 63.1 Å². The molecule has 1 N–H and O–H groups in total. The number of rotatable bonds is 8. The number of unbranched alkanes of at least 4 members (excludes halogenated alkanes) is 1. The van der Waals surface area contributed by atoms with E-state index in [1.54, 1.807) is 31.7 Å². The topological polar surface area (TPSA) is 63.5 Å². The van der Waals surface area contributed by atoms with Gasteiger partial charge >= 0.3 is 0 Å². The highest BCUT2D eigenvalue weighted by molar-refractivity contribution is 9.18. The number of halogens is 2. The van der Waals surface area contributed by atoms with Gasteiger partial charge in [-0.05, 0) is 72.8 Å². The zero-order valence-corrected chi connectivity index (χ0v) is 22.0. The number of aliphatic imine (C=N–C) groups is 1. The van der Waals surface area contributed by atoms with Crippen molar-refractivity contribution in [2.45, 2.75) is 58.9 Å². The Morgan fingerprint density at radius 2 is 2.03 bits per heavy atom. The number of ketones is 1. The van der Waals surface area contributed by atoms with E-state index in [-0.39, 0.29) is 17.4 Å². The lowest BCUT2D eigenvalue weighted by atomic mass is 9.92. The van der Waals surface area contributed by atoms with Crippen LogP contribution in [0.25, 0.3) is 0 Å². The van der Waals surface area contributed by atoms with Crippen LogP contribution in [-0.4, -0.2) is 15.0 Å². The number of benzene rings is 1. The van der Waals surface area contributed by atoms with Crippen LogP contribution in [0.15, 0.2) is 57.6 Å². The third-order valence-electron chi connectivity index (χ3n) is 6.10. The number of hydrogen-bond donors (Lipinski definition) is 1. The summed E-state index contributed by atoms with van der Waals surface area (Å²) in [5.74, 6) is 0.324. The van der Waals surface area contributed by atoms with E-state index in [4.69, 9.17) is 16.6 Å². The third kappa shape index (κ3) is 6.24. The minimum Gasteiger partial charge on any atom is -0.372 e. The minimum atomic E-state index is -0.379. The molecule has 176 valence electrons. The molecule has 0 bridgehead atoms. The van der Waals surface area contributed by atoms with Crippen molar-refractivity contribution < 1.29 is 4.79 Å². The van der Waals surface area contributed by atoms with Gasteiger partial charge < -0.3 is 9.88 Å². The molecule has 0 radical (unpaired) electrons.